The first kappa shape index (κ1) is 15.7. The number of nitrogens with zero attached hydrogens (tertiary/aromatic N) is 3. The van der Waals surface area contributed by atoms with E-state index in [0.717, 1.165) is 17.1 Å². The largest absolute Gasteiger partial charge is 0.452 e. The third-order valence-electron chi connectivity index (χ3n) is 2.79. The number of aromatic nitrogens is 2. The lowest BCUT2D eigenvalue weighted by atomic mass is 10.2. The minimum Gasteiger partial charge on any atom is -0.342 e. The maximum absolute atomic E-state index is 12.6. The first-order valence-corrected chi connectivity index (χ1v) is 7.18. The highest BCUT2D eigenvalue weighted by molar-refractivity contribution is 7.09. The van der Waals surface area contributed by atoms with Crippen LogP contribution in [0, 0.1) is 0 Å². The quantitative estimate of drug-likeness (QED) is 0.890. The second-order valence-corrected chi connectivity index (χ2v) is 5.18. The minimum atomic E-state index is -4.51. The zero-order valence-electron chi connectivity index (χ0n) is 11.2. The summed E-state index contributed by atoms with van der Waals surface area (Å²) in [5, 5.41) is 0.264. The summed E-state index contributed by atoms with van der Waals surface area (Å²) in [6.07, 6.45) is -3.84. The molecule has 114 valence electrons. The van der Waals surface area contributed by atoms with E-state index in [1.807, 2.05) is 30.3 Å². The van der Waals surface area contributed by atoms with Crippen molar-refractivity contribution in [2.75, 3.05) is 18.0 Å². The summed E-state index contributed by atoms with van der Waals surface area (Å²) < 4.78 is 41.2. The molecule has 0 aliphatic rings. The summed E-state index contributed by atoms with van der Waals surface area (Å²) >= 11 is 0.758. The first-order valence-electron chi connectivity index (χ1n) is 6.40. The van der Waals surface area contributed by atoms with Crippen LogP contribution in [-0.4, -0.2) is 22.4 Å². The number of benzene rings is 1. The third-order valence-corrected chi connectivity index (χ3v) is 3.56. The molecular formula is C13H15F3N4S. The molecule has 4 nitrogen and oxygen atoms in total. The van der Waals surface area contributed by atoms with Crippen molar-refractivity contribution in [3.05, 3.63) is 41.7 Å². The highest BCUT2D eigenvalue weighted by Gasteiger charge is 2.36. The Kier molecular flexibility index (Phi) is 5.13. The van der Waals surface area contributed by atoms with E-state index in [1.165, 1.54) is 0 Å². The van der Waals surface area contributed by atoms with Gasteiger partial charge in [-0.15, -0.1) is 0 Å². The zero-order valence-corrected chi connectivity index (χ0v) is 12.0. The highest BCUT2D eigenvalue weighted by atomic mass is 32.1. The van der Waals surface area contributed by atoms with E-state index < -0.39 is 12.0 Å². The Balaban J connectivity index is 2.17. The fraction of sp³-hybridized carbons (Fsp3) is 0.385. The topological polar surface area (TPSA) is 55.0 Å². The zero-order chi connectivity index (χ0) is 15.3. The fourth-order valence-electron chi connectivity index (χ4n) is 1.79. The fourth-order valence-corrected chi connectivity index (χ4v) is 2.50. The Labute approximate surface area is 124 Å². The molecule has 0 amide bonds. The van der Waals surface area contributed by atoms with Crippen molar-refractivity contribution < 1.29 is 13.2 Å². The molecule has 2 rings (SSSR count). The monoisotopic (exact) mass is 316 g/mol. The van der Waals surface area contributed by atoms with E-state index in [2.05, 4.69) is 9.36 Å². The molecule has 0 saturated heterocycles. The Bertz CT molecular complexity index is 556. The number of hydrogen-bond donors (Lipinski definition) is 1. The van der Waals surface area contributed by atoms with Crippen LogP contribution in [0.4, 0.5) is 18.3 Å². The predicted octanol–water partition coefficient (Wildman–Crippen LogP) is 2.91. The van der Waals surface area contributed by atoms with Gasteiger partial charge in [0.15, 0.2) is 0 Å². The van der Waals surface area contributed by atoms with Crippen molar-refractivity contribution in [1.82, 2.24) is 9.36 Å². The average Bonchev–Trinajstić information content (AvgIpc) is 2.94. The summed E-state index contributed by atoms with van der Waals surface area (Å²) in [6, 6.07) is 9.50. The summed E-state index contributed by atoms with van der Waals surface area (Å²) in [4.78, 5) is 5.37. The molecule has 2 N–H and O–H groups in total. The summed E-state index contributed by atoms with van der Waals surface area (Å²) in [7, 11) is 0. The van der Waals surface area contributed by atoms with Gasteiger partial charge in [-0.2, -0.15) is 22.5 Å². The van der Waals surface area contributed by atoms with E-state index >= 15 is 0 Å². The van der Waals surface area contributed by atoms with Crippen molar-refractivity contribution >= 4 is 16.7 Å². The molecule has 8 heteroatoms. The van der Waals surface area contributed by atoms with Gasteiger partial charge in [-0.25, -0.2) is 0 Å². The van der Waals surface area contributed by atoms with E-state index in [4.69, 9.17) is 5.73 Å². The molecule has 0 spiro atoms. The second-order valence-electron chi connectivity index (χ2n) is 4.45. The maximum atomic E-state index is 12.6. The normalized spacial score (nSPS) is 11.6. The molecule has 0 saturated carbocycles. The van der Waals surface area contributed by atoms with E-state index in [-0.39, 0.29) is 5.13 Å². The van der Waals surface area contributed by atoms with Gasteiger partial charge in [0.2, 0.25) is 11.0 Å². The van der Waals surface area contributed by atoms with Gasteiger partial charge in [-0.1, -0.05) is 30.3 Å². The Morgan fingerprint density at radius 3 is 2.48 bits per heavy atom. The van der Waals surface area contributed by atoms with Crippen molar-refractivity contribution in [2.24, 2.45) is 5.73 Å². The number of anilines is 1. The molecule has 0 fully saturated rings. The van der Waals surface area contributed by atoms with Crippen LogP contribution in [0.5, 0.6) is 0 Å². The van der Waals surface area contributed by atoms with Crippen LogP contribution in [0.3, 0.4) is 0 Å². The van der Waals surface area contributed by atoms with Crippen LogP contribution in [-0.2, 0) is 12.7 Å². The summed E-state index contributed by atoms with van der Waals surface area (Å²) in [5.41, 5.74) is 6.48. The first-order chi connectivity index (χ1) is 10.0. The average molecular weight is 316 g/mol. The van der Waals surface area contributed by atoms with Crippen LogP contribution in [0.15, 0.2) is 30.3 Å². The lowest BCUT2D eigenvalue weighted by molar-refractivity contribution is -0.144. The van der Waals surface area contributed by atoms with Gasteiger partial charge in [-0.05, 0) is 18.5 Å². The van der Waals surface area contributed by atoms with Crippen molar-refractivity contribution in [3.8, 4) is 0 Å². The Morgan fingerprint density at radius 2 is 1.90 bits per heavy atom. The molecule has 0 radical (unpaired) electrons. The molecule has 0 unspecified atom stereocenters. The minimum absolute atomic E-state index is 0.264. The van der Waals surface area contributed by atoms with Gasteiger partial charge in [0, 0.05) is 24.6 Å². The molecule has 0 bridgehead atoms. The molecule has 1 aromatic heterocycles. The van der Waals surface area contributed by atoms with Gasteiger partial charge in [0.25, 0.3) is 0 Å². The number of rotatable bonds is 6. The maximum Gasteiger partial charge on any atom is 0.452 e. The van der Waals surface area contributed by atoms with Crippen LogP contribution in [0.25, 0.3) is 0 Å². The predicted molar refractivity (Wildman–Crippen MR) is 76.1 cm³/mol. The molecule has 1 aromatic carbocycles. The lowest BCUT2D eigenvalue weighted by Gasteiger charge is -2.21. The summed E-state index contributed by atoms with van der Waals surface area (Å²) in [5.74, 6) is -1.09. The van der Waals surface area contributed by atoms with E-state index in [9.17, 15) is 13.2 Å². The lowest BCUT2D eigenvalue weighted by Crippen LogP contribution is -2.25. The number of alkyl halides is 3. The molecule has 21 heavy (non-hydrogen) atoms. The van der Waals surface area contributed by atoms with Crippen molar-refractivity contribution in [3.63, 3.8) is 0 Å². The second kappa shape index (κ2) is 6.86. The highest BCUT2D eigenvalue weighted by Crippen LogP contribution is 2.30. The smallest absolute Gasteiger partial charge is 0.342 e. The van der Waals surface area contributed by atoms with Crippen molar-refractivity contribution in [2.45, 2.75) is 19.1 Å². The van der Waals surface area contributed by atoms with Crippen LogP contribution in [0.2, 0.25) is 0 Å². The Morgan fingerprint density at radius 1 is 1.19 bits per heavy atom. The van der Waals surface area contributed by atoms with E-state index in [1.54, 1.807) is 4.90 Å². The van der Waals surface area contributed by atoms with E-state index in [0.29, 0.717) is 26.1 Å². The molecule has 0 atom stereocenters. The van der Waals surface area contributed by atoms with Gasteiger partial charge < -0.3 is 10.6 Å². The van der Waals surface area contributed by atoms with Crippen molar-refractivity contribution in [1.29, 1.82) is 0 Å². The van der Waals surface area contributed by atoms with Crippen LogP contribution >= 0.6 is 11.5 Å². The molecule has 0 aliphatic carbocycles. The molecule has 0 aliphatic heterocycles. The molecule has 1 heterocycles. The summed E-state index contributed by atoms with van der Waals surface area (Å²) in [6.45, 7) is 1.49. The van der Waals surface area contributed by atoms with Gasteiger partial charge in [-0.3, -0.25) is 0 Å². The number of halogens is 3. The number of nitrogens with two attached hydrogens (primary N) is 1. The Hall–Kier alpha value is -1.67. The van der Waals surface area contributed by atoms with Gasteiger partial charge in [0.05, 0.1) is 0 Å². The number of hydrogen-bond acceptors (Lipinski definition) is 5. The third kappa shape index (κ3) is 4.40. The van der Waals surface area contributed by atoms with Crippen LogP contribution in [0.1, 0.15) is 17.8 Å². The SMILES string of the molecule is NCCCN(Cc1ccccc1)c1nc(C(F)(F)F)ns1. The van der Waals surface area contributed by atoms with Crippen LogP contribution < -0.4 is 10.6 Å². The van der Waals surface area contributed by atoms with Gasteiger partial charge >= 0.3 is 6.18 Å². The standard InChI is InChI=1S/C13H15F3N4S/c14-13(15,16)11-18-12(21-19-11)20(8-4-7-17)9-10-5-2-1-3-6-10/h1-3,5-6H,4,7-9,17H2. The molecular weight excluding hydrogens is 301 g/mol. The molecule has 2 aromatic rings. The van der Waals surface area contributed by atoms with Gasteiger partial charge in [0.1, 0.15) is 0 Å².